The predicted octanol–water partition coefficient (Wildman–Crippen LogP) is 5.88. The number of aromatic nitrogens is 3. The maximum atomic E-state index is 12.8. The molecule has 0 bridgehead atoms. The molecule has 1 saturated carbocycles. The second-order valence-corrected chi connectivity index (χ2v) is 12.2. The van der Waals surface area contributed by atoms with E-state index in [1.54, 1.807) is 23.9 Å². The van der Waals surface area contributed by atoms with E-state index in [2.05, 4.69) is 46.1 Å². The van der Waals surface area contributed by atoms with E-state index < -0.39 is 0 Å². The maximum absolute atomic E-state index is 12.8. The molecule has 0 radical (unpaired) electrons. The summed E-state index contributed by atoms with van der Waals surface area (Å²) in [6.45, 7) is 4.68. The lowest BCUT2D eigenvalue weighted by Crippen LogP contribution is -2.41. The molecule has 0 saturated heterocycles. The number of imidazole rings is 1. The number of carbonyl (C=O) groups is 1. The Kier molecular flexibility index (Phi) is 8.72. The Morgan fingerprint density at radius 1 is 1.11 bits per heavy atom. The van der Waals surface area contributed by atoms with E-state index in [1.807, 2.05) is 10.8 Å². The molecule has 7 heteroatoms. The average molecular weight is 520 g/mol. The Labute approximate surface area is 225 Å². The standard InChI is InChI=1S/C30H41N5OS/c1-2-15-34(26-11-12-28-29(20-26)37-30(31)33-28)16-13-22-3-5-23(6-4-22)18-27(36)19-24-7-9-25(10-8-24)35-17-14-32-21-35/h7-10,14,17,21-23,26H,2-6,11-13,15-16,18-20H2,1H3,(H2,31,33)/t22?,23?,26-/m0/s1. The Morgan fingerprint density at radius 2 is 1.89 bits per heavy atom. The number of ketones is 1. The molecule has 6 nitrogen and oxygen atoms in total. The lowest BCUT2D eigenvalue weighted by atomic mass is 9.78. The first kappa shape index (κ1) is 26.1. The first-order valence-corrected chi connectivity index (χ1v) is 15.0. The molecule has 1 atom stereocenters. The van der Waals surface area contributed by atoms with Crippen molar-refractivity contribution in [3.8, 4) is 5.69 Å². The van der Waals surface area contributed by atoms with Gasteiger partial charge >= 0.3 is 0 Å². The van der Waals surface area contributed by atoms with E-state index in [0.717, 1.165) is 41.6 Å². The minimum atomic E-state index is 0.383. The third kappa shape index (κ3) is 6.88. The van der Waals surface area contributed by atoms with Gasteiger partial charge in [0, 0.05) is 41.8 Å². The molecule has 5 rings (SSSR count). The van der Waals surface area contributed by atoms with Crippen LogP contribution in [0.3, 0.4) is 0 Å². The van der Waals surface area contributed by atoms with Gasteiger partial charge < -0.3 is 15.2 Å². The molecule has 37 heavy (non-hydrogen) atoms. The fourth-order valence-electron chi connectivity index (χ4n) is 6.35. The first-order chi connectivity index (χ1) is 18.1. The minimum Gasteiger partial charge on any atom is -0.375 e. The minimum absolute atomic E-state index is 0.383. The van der Waals surface area contributed by atoms with E-state index in [0.29, 0.717) is 24.2 Å². The molecule has 2 heterocycles. The second-order valence-electron chi connectivity index (χ2n) is 11.1. The Morgan fingerprint density at radius 3 is 2.62 bits per heavy atom. The molecule has 0 aliphatic heterocycles. The van der Waals surface area contributed by atoms with Crippen LogP contribution < -0.4 is 5.73 Å². The molecule has 0 unspecified atom stereocenters. The van der Waals surface area contributed by atoms with Gasteiger partial charge in [0.05, 0.1) is 12.0 Å². The van der Waals surface area contributed by atoms with Gasteiger partial charge in [0.15, 0.2) is 5.13 Å². The summed E-state index contributed by atoms with van der Waals surface area (Å²) in [4.78, 5) is 25.6. The summed E-state index contributed by atoms with van der Waals surface area (Å²) in [5.74, 6) is 1.75. The van der Waals surface area contributed by atoms with Crippen molar-refractivity contribution in [1.29, 1.82) is 0 Å². The smallest absolute Gasteiger partial charge is 0.180 e. The molecule has 2 aliphatic carbocycles. The molecule has 2 aromatic heterocycles. The highest BCUT2D eigenvalue weighted by Gasteiger charge is 2.28. The number of carbonyl (C=O) groups excluding carboxylic acids is 1. The van der Waals surface area contributed by atoms with Crippen LogP contribution >= 0.6 is 11.3 Å². The van der Waals surface area contributed by atoms with E-state index in [9.17, 15) is 4.79 Å². The van der Waals surface area contributed by atoms with E-state index >= 15 is 0 Å². The highest BCUT2D eigenvalue weighted by molar-refractivity contribution is 7.15. The van der Waals surface area contributed by atoms with Crippen molar-refractivity contribution in [2.75, 3.05) is 18.8 Å². The summed E-state index contributed by atoms with van der Waals surface area (Å²) in [5.41, 5.74) is 9.39. The van der Waals surface area contributed by atoms with Gasteiger partial charge in [-0.15, -0.1) is 11.3 Å². The van der Waals surface area contributed by atoms with Crippen LogP contribution in [0, 0.1) is 11.8 Å². The monoisotopic (exact) mass is 519 g/mol. The summed E-state index contributed by atoms with van der Waals surface area (Å²) in [6, 6.07) is 8.91. The van der Waals surface area contributed by atoms with Gasteiger partial charge in [-0.3, -0.25) is 4.79 Å². The Bertz CT molecular complexity index is 1130. The number of hydrogen-bond acceptors (Lipinski definition) is 6. The number of thiazole rings is 1. The number of fused-ring (bicyclic) bond motifs is 1. The first-order valence-electron chi connectivity index (χ1n) is 14.1. The molecule has 3 aromatic rings. The molecular weight excluding hydrogens is 478 g/mol. The lowest BCUT2D eigenvalue weighted by Gasteiger charge is -2.36. The number of aryl methyl sites for hydroxylation is 1. The largest absolute Gasteiger partial charge is 0.375 e. The van der Waals surface area contributed by atoms with Crippen LogP contribution in [0.5, 0.6) is 0 Å². The van der Waals surface area contributed by atoms with Crippen molar-refractivity contribution in [2.24, 2.45) is 11.8 Å². The summed E-state index contributed by atoms with van der Waals surface area (Å²) >= 11 is 1.69. The van der Waals surface area contributed by atoms with Gasteiger partial charge in [-0.25, -0.2) is 9.97 Å². The third-order valence-corrected chi connectivity index (χ3v) is 9.35. The SMILES string of the molecule is CCCN(CCC1CCC(CC(=O)Cc2ccc(-n3ccnc3)cc2)CC1)[C@H]1CCc2nc(N)sc2C1. The fourth-order valence-corrected chi connectivity index (χ4v) is 7.30. The number of nitrogens with zero attached hydrogens (tertiary/aromatic N) is 4. The van der Waals surface area contributed by atoms with Gasteiger partial charge in [0.1, 0.15) is 5.78 Å². The molecular formula is C30H41N5OS. The quantitative estimate of drug-likeness (QED) is 0.342. The van der Waals surface area contributed by atoms with E-state index in [1.165, 1.54) is 68.6 Å². The number of rotatable bonds is 11. The number of hydrogen-bond donors (Lipinski definition) is 1. The van der Waals surface area contributed by atoms with Crippen molar-refractivity contribution < 1.29 is 4.79 Å². The molecule has 0 amide bonds. The van der Waals surface area contributed by atoms with Crippen LogP contribution in [-0.2, 0) is 24.1 Å². The van der Waals surface area contributed by atoms with Crippen molar-refractivity contribution in [1.82, 2.24) is 19.4 Å². The van der Waals surface area contributed by atoms with E-state index in [-0.39, 0.29) is 0 Å². The Hall–Kier alpha value is -2.51. The summed E-state index contributed by atoms with van der Waals surface area (Å²) in [5, 5.41) is 0.728. The zero-order chi connectivity index (χ0) is 25.6. The highest BCUT2D eigenvalue weighted by Crippen LogP contribution is 2.34. The topological polar surface area (TPSA) is 77.0 Å². The maximum Gasteiger partial charge on any atom is 0.180 e. The van der Waals surface area contributed by atoms with Gasteiger partial charge in [-0.2, -0.15) is 0 Å². The van der Waals surface area contributed by atoms with Crippen LogP contribution in [-0.4, -0.2) is 44.3 Å². The normalized spacial score (nSPS) is 21.7. The zero-order valence-corrected chi connectivity index (χ0v) is 23.0. The van der Waals surface area contributed by atoms with Crippen molar-refractivity contribution in [3.05, 3.63) is 59.1 Å². The number of Topliss-reactive ketones (excluding diaryl/α,β-unsaturated/α-hetero) is 1. The number of nitrogen functional groups attached to an aromatic ring is 1. The van der Waals surface area contributed by atoms with Crippen LogP contribution in [0.15, 0.2) is 43.0 Å². The lowest BCUT2D eigenvalue weighted by molar-refractivity contribution is -0.119. The van der Waals surface area contributed by atoms with Crippen LogP contribution in [0.4, 0.5) is 5.13 Å². The second kappa shape index (κ2) is 12.4. The Balaban J connectivity index is 1.04. The van der Waals surface area contributed by atoms with Gasteiger partial charge in [0.25, 0.3) is 0 Å². The highest BCUT2D eigenvalue weighted by atomic mass is 32.1. The van der Waals surface area contributed by atoms with Crippen molar-refractivity contribution in [2.45, 2.75) is 83.6 Å². The zero-order valence-electron chi connectivity index (χ0n) is 22.1. The van der Waals surface area contributed by atoms with Gasteiger partial charge in [-0.1, -0.05) is 31.9 Å². The van der Waals surface area contributed by atoms with Crippen molar-refractivity contribution >= 4 is 22.3 Å². The van der Waals surface area contributed by atoms with Crippen molar-refractivity contribution in [3.63, 3.8) is 0 Å². The van der Waals surface area contributed by atoms with Crippen LogP contribution in [0.25, 0.3) is 5.69 Å². The van der Waals surface area contributed by atoms with E-state index in [4.69, 9.17) is 5.73 Å². The van der Waals surface area contributed by atoms with Crippen LogP contribution in [0.1, 0.15) is 74.4 Å². The summed E-state index contributed by atoms with van der Waals surface area (Å²) in [6.07, 6.45) is 17.6. The van der Waals surface area contributed by atoms with Gasteiger partial charge in [0.2, 0.25) is 0 Å². The molecule has 1 aromatic carbocycles. The third-order valence-electron chi connectivity index (χ3n) is 8.40. The average Bonchev–Trinajstić information content (AvgIpc) is 3.57. The molecule has 2 aliphatic rings. The summed E-state index contributed by atoms with van der Waals surface area (Å²) < 4.78 is 1.98. The molecule has 2 N–H and O–H groups in total. The molecule has 198 valence electrons. The summed E-state index contributed by atoms with van der Waals surface area (Å²) in [7, 11) is 0. The number of benzene rings is 1. The number of anilines is 1. The predicted molar refractivity (Wildman–Crippen MR) is 151 cm³/mol. The fraction of sp³-hybridized carbons (Fsp3) is 0.567. The van der Waals surface area contributed by atoms with Gasteiger partial charge in [-0.05, 0) is 87.6 Å². The number of nitrogens with two attached hydrogens (primary N) is 1. The van der Waals surface area contributed by atoms with Crippen LogP contribution in [0.2, 0.25) is 0 Å². The molecule has 0 spiro atoms. The molecule has 1 fully saturated rings.